The third-order valence-electron chi connectivity index (χ3n) is 6.81. The summed E-state index contributed by atoms with van der Waals surface area (Å²) in [6.07, 6.45) is 11.5. The first-order valence-electron chi connectivity index (χ1n) is 11.8. The normalized spacial score (nSPS) is 15.3. The number of anilines is 1. The summed E-state index contributed by atoms with van der Waals surface area (Å²) >= 11 is 0. The zero-order valence-electron chi connectivity index (χ0n) is 20.0. The number of hydrogen-bond acceptors (Lipinski definition) is 9. The van der Waals surface area contributed by atoms with Crippen LogP contribution in [0.25, 0.3) is 22.7 Å². The van der Waals surface area contributed by atoms with Gasteiger partial charge in [-0.25, -0.2) is 9.97 Å². The standard InChI is InChI=1S/C25H28N8O2/c1-15(2)25(3,19-6-7-21(27-12-19)17-9-28-24(26)29-10-17)23-31-22(35-32-23)18-11-30-33(13-18)14-20(34)8-16-4-5-16/h6-7,9-13,15-16H,4-5,8,14H2,1-3H3,(H2,26,28,29)/t25-/m1/s1. The van der Waals surface area contributed by atoms with Crippen LogP contribution in [0.3, 0.4) is 0 Å². The van der Waals surface area contributed by atoms with E-state index in [9.17, 15) is 4.79 Å². The van der Waals surface area contributed by atoms with Crippen LogP contribution in [0.1, 0.15) is 51.4 Å². The number of aromatic nitrogens is 7. The minimum absolute atomic E-state index is 0.156. The molecule has 5 rings (SSSR count). The van der Waals surface area contributed by atoms with Gasteiger partial charge in [-0.1, -0.05) is 25.1 Å². The van der Waals surface area contributed by atoms with Crippen molar-refractivity contribution < 1.29 is 9.32 Å². The Hall–Kier alpha value is -3.95. The molecule has 0 aliphatic heterocycles. The quantitative estimate of drug-likeness (QED) is 0.386. The van der Waals surface area contributed by atoms with Crippen molar-refractivity contribution in [1.82, 2.24) is 34.9 Å². The summed E-state index contributed by atoms with van der Waals surface area (Å²) in [4.78, 5) is 29.6. The van der Waals surface area contributed by atoms with E-state index in [1.165, 1.54) is 0 Å². The van der Waals surface area contributed by atoms with Crippen molar-refractivity contribution in [3.8, 4) is 22.7 Å². The molecule has 0 bridgehead atoms. The van der Waals surface area contributed by atoms with Gasteiger partial charge in [0.25, 0.3) is 5.89 Å². The number of Topliss-reactive ketones (excluding diaryl/α,β-unsaturated/α-hetero) is 1. The van der Waals surface area contributed by atoms with Crippen LogP contribution in [0, 0.1) is 11.8 Å². The summed E-state index contributed by atoms with van der Waals surface area (Å²) in [7, 11) is 0. The first-order chi connectivity index (χ1) is 16.8. The van der Waals surface area contributed by atoms with Crippen molar-refractivity contribution in [3.63, 3.8) is 0 Å². The average molecular weight is 473 g/mol. The molecule has 0 amide bonds. The van der Waals surface area contributed by atoms with Crippen LogP contribution in [0.2, 0.25) is 0 Å². The minimum atomic E-state index is -0.541. The molecule has 35 heavy (non-hydrogen) atoms. The van der Waals surface area contributed by atoms with Gasteiger partial charge in [-0.2, -0.15) is 10.1 Å². The smallest absolute Gasteiger partial charge is 0.261 e. The molecule has 0 saturated heterocycles. The van der Waals surface area contributed by atoms with Crippen LogP contribution in [0.4, 0.5) is 5.95 Å². The monoisotopic (exact) mass is 472 g/mol. The second kappa shape index (κ2) is 9.01. The molecule has 4 aromatic heterocycles. The largest absolute Gasteiger partial charge is 0.368 e. The summed E-state index contributed by atoms with van der Waals surface area (Å²) in [5, 5.41) is 8.63. The maximum absolute atomic E-state index is 12.2. The van der Waals surface area contributed by atoms with E-state index in [4.69, 9.17) is 15.2 Å². The van der Waals surface area contributed by atoms with Gasteiger partial charge in [0, 0.05) is 36.8 Å². The molecule has 0 unspecified atom stereocenters. The molecule has 10 nitrogen and oxygen atoms in total. The maximum Gasteiger partial charge on any atom is 0.261 e. The molecular weight excluding hydrogens is 444 g/mol. The molecular formula is C25H28N8O2. The van der Waals surface area contributed by atoms with Gasteiger partial charge in [-0.05, 0) is 43.2 Å². The Kier molecular flexibility index (Phi) is 5.88. The fourth-order valence-electron chi connectivity index (χ4n) is 4.06. The lowest BCUT2D eigenvalue weighted by Gasteiger charge is -2.30. The zero-order chi connectivity index (χ0) is 24.6. The van der Waals surface area contributed by atoms with E-state index < -0.39 is 5.41 Å². The molecule has 0 radical (unpaired) electrons. The topological polar surface area (TPSA) is 138 Å². The minimum Gasteiger partial charge on any atom is -0.368 e. The Balaban J connectivity index is 1.37. The van der Waals surface area contributed by atoms with Crippen molar-refractivity contribution in [2.45, 2.75) is 52.0 Å². The summed E-state index contributed by atoms with van der Waals surface area (Å²) < 4.78 is 7.25. The number of nitrogens with zero attached hydrogens (tertiary/aromatic N) is 7. The molecule has 10 heteroatoms. The van der Waals surface area contributed by atoms with E-state index >= 15 is 0 Å². The lowest BCUT2D eigenvalue weighted by atomic mass is 9.73. The third kappa shape index (κ3) is 4.68. The zero-order valence-corrected chi connectivity index (χ0v) is 20.0. The summed E-state index contributed by atoms with van der Waals surface area (Å²) in [6.45, 7) is 6.57. The highest BCUT2D eigenvalue weighted by Crippen LogP contribution is 2.38. The predicted octanol–water partition coefficient (Wildman–Crippen LogP) is 3.70. The summed E-state index contributed by atoms with van der Waals surface area (Å²) in [5.41, 5.74) is 8.22. The number of nitrogens with two attached hydrogens (primary N) is 1. The molecule has 1 aliphatic carbocycles. The summed E-state index contributed by atoms with van der Waals surface area (Å²) in [5.74, 6) is 2.07. The van der Waals surface area contributed by atoms with Crippen molar-refractivity contribution in [2.75, 3.05) is 5.73 Å². The number of carbonyl (C=O) groups excluding carboxylic acids is 1. The third-order valence-corrected chi connectivity index (χ3v) is 6.81. The van der Waals surface area contributed by atoms with Crippen LogP contribution in [-0.2, 0) is 16.8 Å². The van der Waals surface area contributed by atoms with Crippen molar-refractivity contribution in [2.24, 2.45) is 11.8 Å². The Bertz CT molecular complexity index is 1320. The SMILES string of the molecule is CC(C)[C@](C)(c1ccc(-c2cnc(N)nc2)nc1)c1noc(-c2cnn(CC(=O)CC3CC3)c2)n1. The van der Waals surface area contributed by atoms with Crippen molar-refractivity contribution >= 4 is 11.7 Å². The van der Waals surface area contributed by atoms with Gasteiger partial charge in [0.05, 0.1) is 29.4 Å². The highest BCUT2D eigenvalue weighted by Gasteiger charge is 2.38. The first kappa shape index (κ1) is 22.8. The second-order valence-corrected chi connectivity index (χ2v) is 9.66. The van der Waals surface area contributed by atoms with E-state index in [0.717, 1.165) is 29.7 Å². The predicted molar refractivity (Wildman–Crippen MR) is 129 cm³/mol. The number of carbonyl (C=O) groups is 1. The maximum atomic E-state index is 12.2. The number of nitrogen functional groups attached to an aromatic ring is 1. The van der Waals surface area contributed by atoms with E-state index in [1.807, 2.05) is 18.3 Å². The van der Waals surface area contributed by atoms with Gasteiger partial charge in [0.15, 0.2) is 11.6 Å². The van der Waals surface area contributed by atoms with E-state index in [-0.39, 0.29) is 24.2 Å². The molecule has 0 spiro atoms. The molecule has 2 N–H and O–H groups in total. The molecule has 180 valence electrons. The number of ketones is 1. The molecule has 1 fully saturated rings. The fourth-order valence-corrected chi connectivity index (χ4v) is 4.06. The lowest BCUT2D eigenvalue weighted by molar-refractivity contribution is -0.120. The van der Waals surface area contributed by atoms with Gasteiger partial charge in [-0.3, -0.25) is 14.5 Å². The summed E-state index contributed by atoms with van der Waals surface area (Å²) in [6, 6.07) is 3.94. The highest BCUT2D eigenvalue weighted by atomic mass is 16.5. The van der Waals surface area contributed by atoms with Crippen molar-refractivity contribution in [1.29, 1.82) is 0 Å². The Morgan fingerprint density at radius 3 is 2.57 bits per heavy atom. The second-order valence-electron chi connectivity index (χ2n) is 9.66. The Morgan fingerprint density at radius 2 is 1.91 bits per heavy atom. The van der Waals surface area contributed by atoms with Crippen LogP contribution in [0.15, 0.2) is 47.6 Å². The average Bonchev–Trinajstić information content (AvgIpc) is 3.31. The molecule has 0 aromatic carbocycles. The van der Waals surface area contributed by atoms with Crippen LogP contribution in [-0.4, -0.2) is 40.7 Å². The Labute approximate surface area is 203 Å². The molecule has 4 aromatic rings. The van der Waals surface area contributed by atoms with Crippen LogP contribution < -0.4 is 5.73 Å². The van der Waals surface area contributed by atoms with E-state index in [1.54, 1.807) is 29.5 Å². The van der Waals surface area contributed by atoms with Gasteiger partial charge >= 0.3 is 0 Å². The first-order valence-corrected chi connectivity index (χ1v) is 11.8. The molecule has 1 saturated carbocycles. The van der Waals surface area contributed by atoms with Gasteiger partial charge in [0.1, 0.15) is 0 Å². The lowest BCUT2D eigenvalue weighted by Crippen LogP contribution is -2.31. The van der Waals surface area contributed by atoms with Gasteiger partial charge in [0.2, 0.25) is 5.95 Å². The van der Waals surface area contributed by atoms with Gasteiger partial charge < -0.3 is 10.3 Å². The van der Waals surface area contributed by atoms with Crippen molar-refractivity contribution in [3.05, 3.63) is 54.5 Å². The number of hydrogen-bond donors (Lipinski definition) is 1. The molecule has 4 heterocycles. The van der Waals surface area contributed by atoms with E-state index in [0.29, 0.717) is 29.6 Å². The Morgan fingerprint density at radius 1 is 1.14 bits per heavy atom. The number of rotatable bonds is 9. The van der Waals surface area contributed by atoms with Crippen LogP contribution >= 0.6 is 0 Å². The van der Waals surface area contributed by atoms with E-state index in [2.05, 4.69) is 46.0 Å². The number of pyridine rings is 1. The molecule has 1 aliphatic rings. The molecule has 1 atom stereocenters. The highest BCUT2D eigenvalue weighted by molar-refractivity contribution is 5.78. The van der Waals surface area contributed by atoms with Crippen LogP contribution in [0.5, 0.6) is 0 Å². The van der Waals surface area contributed by atoms with Gasteiger partial charge in [-0.15, -0.1) is 0 Å². The fraction of sp³-hybridized carbons (Fsp3) is 0.400.